The van der Waals surface area contributed by atoms with Crippen LogP contribution in [0.4, 0.5) is 0 Å². The summed E-state index contributed by atoms with van der Waals surface area (Å²) in [7, 11) is 0. The minimum absolute atomic E-state index is 0.0835. The van der Waals surface area contributed by atoms with E-state index in [0.717, 1.165) is 44.3 Å². The lowest BCUT2D eigenvalue weighted by Gasteiger charge is -2.52. The Balaban J connectivity index is 1.27. The summed E-state index contributed by atoms with van der Waals surface area (Å²) < 4.78 is 0. The molecule has 2 aliphatic rings. The molecule has 3 heterocycles. The maximum Gasteiger partial charge on any atom is 0.254 e. The summed E-state index contributed by atoms with van der Waals surface area (Å²) in [4.78, 5) is 26.5. The predicted octanol–water partition coefficient (Wildman–Crippen LogP) is 2.35. The van der Waals surface area contributed by atoms with E-state index in [0.29, 0.717) is 11.0 Å². The molecule has 2 fully saturated rings. The van der Waals surface area contributed by atoms with Gasteiger partial charge in [0.25, 0.3) is 11.8 Å². The molecule has 2 amide bonds. The number of hydrogen-bond donors (Lipinski definition) is 1. The average molecular weight is 356 g/mol. The fourth-order valence-electron chi connectivity index (χ4n) is 3.94. The Morgan fingerprint density at radius 2 is 1.96 bits per heavy atom. The number of carbonyl (C=O) groups is 2. The number of aromatic nitrogens is 2. The minimum Gasteiger partial charge on any atom is -0.349 e. The van der Waals surface area contributed by atoms with Gasteiger partial charge in [-0.3, -0.25) is 9.59 Å². The number of hydrogen-bond acceptors (Lipinski definition) is 5. The Morgan fingerprint density at radius 3 is 2.60 bits per heavy atom. The fraction of sp³-hybridized carbons (Fsp3) is 0.444. The standard InChI is InChI=1S/C18H20N4O2S/c23-16(13-1-5-19-20-11-13)21-15-9-18(10-15)3-6-22(7-4-18)17(24)14-2-8-25-12-14/h1-2,5,8,11-12,15H,3-4,6-7,9-10H2,(H,21,23). The molecule has 1 saturated heterocycles. The van der Waals surface area contributed by atoms with Crippen molar-refractivity contribution in [2.45, 2.75) is 31.7 Å². The Labute approximate surface area is 150 Å². The van der Waals surface area contributed by atoms with Crippen molar-refractivity contribution >= 4 is 23.2 Å². The van der Waals surface area contributed by atoms with Crippen molar-refractivity contribution in [3.63, 3.8) is 0 Å². The predicted molar refractivity (Wildman–Crippen MR) is 94.4 cm³/mol. The molecule has 4 rings (SSSR count). The van der Waals surface area contributed by atoms with Crippen molar-refractivity contribution in [3.8, 4) is 0 Å². The third-order valence-corrected chi connectivity index (χ3v) is 6.10. The van der Waals surface area contributed by atoms with Crippen LogP contribution < -0.4 is 5.32 Å². The van der Waals surface area contributed by atoms with Gasteiger partial charge in [0, 0.05) is 24.5 Å². The Hall–Kier alpha value is -2.28. The molecule has 6 nitrogen and oxygen atoms in total. The van der Waals surface area contributed by atoms with Crippen LogP contribution in [0.25, 0.3) is 0 Å². The largest absolute Gasteiger partial charge is 0.349 e. The molecule has 1 aliphatic carbocycles. The molecule has 7 heteroatoms. The Kier molecular flexibility index (Phi) is 4.25. The zero-order valence-electron chi connectivity index (χ0n) is 13.9. The number of likely N-dealkylation sites (tertiary alicyclic amines) is 1. The van der Waals surface area contributed by atoms with Crippen molar-refractivity contribution in [2.24, 2.45) is 5.41 Å². The molecule has 1 spiro atoms. The molecular formula is C18H20N4O2S. The molecular weight excluding hydrogens is 336 g/mol. The van der Waals surface area contributed by atoms with Crippen LogP contribution in [0, 0.1) is 5.41 Å². The highest BCUT2D eigenvalue weighted by molar-refractivity contribution is 7.08. The molecule has 2 aromatic rings. The van der Waals surface area contributed by atoms with Gasteiger partial charge in [-0.25, -0.2) is 0 Å². The number of rotatable bonds is 3. The summed E-state index contributed by atoms with van der Waals surface area (Å²) in [6.07, 6.45) is 7.04. The van der Waals surface area contributed by atoms with Gasteiger partial charge in [-0.1, -0.05) is 0 Å². The van der Waals surface area contributed by atoms with Crippen LogP contribution in [0.5, 0.6) is 0 Å². The summed E-state index contributed by atoms with van der Waals surface area (Å²) in [6.45, 7) is 1.62. The molecule has 1 aliphatic heterocycles. The second kappa shape index (κ2) is 6.55. The highest BCUT2D eigenvalue weighted by atomic mass is 32.1. The molecule has 1 saturated carbocycles. The van der Waals surface area contributed by atoms with E-state index in [1.807, 2.05) is 21.7 Å². The zero-order chi connectivity index (χ0) is 17.3. The normalized spacial score (nSPS) is 19.4. The summed E-state index contributed by atoms with van der Waals surface area (Å²) in [5.74, 6) is 0.0604. The van der Waals surface area contributed by atoms with Gasteiger partial charge in [-0.15, -0.1) is 0 Å². The molecule has 0 bridgehead atoms. The van der Waals surface area contributed by atoms with Crippen LogP contribution in [-0.2, 0) is 0 Å². The first kappa shape index (κ1) is 16.2. The second-order valence-corrected chi connectivity index (χ2v) is 7.79. The number of thiophene rings is 1. The van der Waals surface area contributed by atoms with Gasteiger partial charge in [0.1, 0.15) is 0 Å². The molecule has 0 radical (unpaired) electrons. The van der Waals surface area contributed by atoms with Gasteiger partial charge < -0.3 is 10.2 Å². The maximum absolute atomic E-state index is 12.4. The van der Waals surface area contributed by atoms with Gasteiger partial charge in [0.2, 0.25) is 0 Å². The lowest BCUT2D eigenvalue weighted by atomic mass is 9.60. The van der Waals surface area contributed by atoms with Crippen molar-refractivity contribution in [2.75, 3.05) is 13.1 Å². The molecule has 25 heavy (non-hydrogen) atoms. The first-order chi connectivity index (χ1) is 12.2. The van der Waals surface area contributed by atoms with E-state index in [4.69, 9.17) is 0 Å². The number of carbonyl (C=O) groups excluding carboxylic acids is 2. The fourth-order valence-corrected chi connectivity index (χ4v) is 4.57. The van der Waals surface area contributed by atoms with Crippen molar-refractivity contribution < 1.29 is 9.59 Å². The maximum atomic E-state index is 12.4. The van der Waals surface area contributed by atoms with Crippen LogP contribution >= 0.6 is 11.3 Å². The highest BCUT2D eigenvalue weighted by Crippen LogP contribution is 2.49. The number of amides is 2. The highest BCUT2D eigenvalue weighted by Gasteiger charge is 2.46. The van der Waals surface area contributed by atoms with Gasteiger partial charge in [-0.2, -0.15) is 21.5 Å². The van der Waals surface area contributed by atoms with Gasteiger partial charge in [0.15, 0.2) is 0 Å². The van der Waals surface area contributed by atoms with Crippen molar-refractivity contribution in [1.82, 2.24) is 20.4 Å². The topological polar surface area (TPSA) is 75.2 Å². The SMILES string of the molecule is O=C(NC1CC2(CCN(C(=O)c3ccsc3)CC2)C1)c1ccnnc1. The smallest absolute Gasteiger partial charge is 0.254 e. The van der Waals surface area contributed by atoms with Gasteiger partial charge in [0.05, 0.1) is 23.5 Å². The summed E-state index contributed by atoms with van der Waals surface area (Å²) in [5, 5.41) is 14.4. The quantitative estimate of drug-likeness (QED) is 0.916. The Bertz CT molecular complexity index is 747. The third-order valence-electron chi connectivity index (χ3n) is 5.42. The molecule has 1 N–H and O–H groups in total. The molecule has 0 unspecified atom stereocenters. The number of nitrogens with zero attached hydrogens (tertiary/aromatic N) is 3. The van der Waals surface area contributed by atoms with Crippen LogP contribution in [-0.4, -0.2) is 46.0 Å². The number of nitrogens with one attached hydrogen (secondary N) is 1. The second-order valence-electron chi connectivity index (χ2n) is 7.01. The lowest BCUT2D eigenvalue weighted by molar-refractivity contribution is 0.00865. The molecule has 0 atom stereocenters. The van der Waals surface area contributed by atoms with E-state index in [2.05, 4.69) is 15.5 Å². The van der Waals surface area contributed by atoms with Gasteiger partial charge >= 0.3 is 0 Å². The first-order valence-corrected chi connectivity index (χ1v) is 9.49. The first-order valence-electron chi connectivity index (χ1n) is 8.54. The zero-order valence-corrected chi connectivity index (χ0v) is 14.7. The monoisotopic (exact) mass is 356 g/mol. The minimum atomic E-state index is -0.0835. The van der Waals surface area contributed by atoms with E-state index in [1.54, 1.807) is 17.4 Å². The van der Waals surface area contributed by atoms with Crippen LogP contribution in [0.1, 0.15) is 46.4 Å². The van der Waals surface area contributed by atoms with Crippen LogP contribution in [0.3, 0.4) is 0 Å². The summed E-state index contributed by atoms with van der Waals surface area (Å²) in [6, 6.07) is 3.78. The molecule has 2 aromatic heterocycles. The van der Waals surface area contributed by atoms with E-state index < -0.39 is 0 Å². The summed E-state index contributed by atoms with van der Waals surface area (Å²) >= 11 is 1.56. The van der Waals surface area contributed by atoms with Crippen molar-refractivity contribution in [1.29, 1.82) is 0 Å². The van der Waals surface area contributed by atoms with Crippen LogP contribution in [0.2, 0.25) is 0 Å². The van der Waals surface area contributed by atoms with E-state index in [1.165, 1.54) is 12.4 Å². The van der Waals surface area contributed by atoms with E-state index >= 15 is 0 Å². The van der Waals surface area contributed by atoms with Crippen LogP contribution in [0.15, 0.2) is 35.3 Å². The molecule has 0 aromatic carbocycles. The summed E-state index contributed by atoms with van der Waals surface area (Å²) in [5.41, 5.74) is 1.64. The Morgan fingerprint density at radius 1 is 1.16 bits per heavy atom. The van der Waals surface area contributed by atoms with Gasteiger partial charge in [-0.05, 0) is 48.6 Å². The molecule has 130 valence electrons. The third kappa shape index (κ3) is 3.28. The van der Waals surface area contributed by atoms with Crippen molar-refractivity contribution in [3.05, 3.63) is 46.4 Å². The van der Waals surface area contributed by atoms with E-state index in [9.17, 15) is 9.59 Å². The lowest BCUT2D eigenvalue weighted by Crippen LogP contribution is -2.55. The number of piperidine rings is 1. The average Bonchev–Trinajstić information content (AvgIpc) is 3.16. The van der Waals surface area contributed by atoms with E-state index in [-0.39, 0.29) is 17.9 Å².